The number of benzene rings is 4. The quantitative estimate of drug-likeness (QED) is 0.123. The van der Waals surface area contributed by atoms with Crippen molar-refractivity contribution in [1.82, 2.24) is 10.6 Å². The fourth-order valence-electron chi connectivity index (χ4n) is 4.81. The van der Waals surface area contributed by atoms with E-state index in [4.69, 9.17) is 9.47 Å². The first-order chi connectivity index (χ1) is 21.4. The van der Waals surface area contributed by atoms with Gasteiger partial charge in [-0.2, -0.15) is 0 Å². The molecule has 4 rings (SSSR count). The van der Waals surface area contributed by atoms with E-state index in [9.17, 15) is 19.5 Å². The lowest BCUT2D eigenvalue weighted by molar-refractivity contribution is -0.147. The summed E-state index contributed by atoms with van der Waals surface area (Å²) < 4.78 is 11.3. The average molecular weight is 595 g/mol. The Kier molecular flexibility index (Phi) is 12.1. The SMILES string of the molecule is C[C@H](CC(=O)O)NC(=O)[C@H](Cc1ccccc1)NC(Cc1ccc(-c2ccccc2)cc1)C(=O)OCCOc1ccccc1. The molecule has 3 atom stereocenters. The predicted molar refractivity (Wildman–Crippen MR) is 169 cm³/mol. The summed E-state index contributed by atoms with van der Waals surface area (Å²) in [5.41, 5.74) is 3.91. The molecule has 0 aliphatic heterocycles. The van der Waals surface area contributed by atoms with Gasteiger partial charge in [0.15, 0.2) is 0 Å². The van der Waals surface area contributed by atoms with Gasteiger partial charge in [0, 0.05) is 6.04 Å². The van der Waals surface area contributed by atoms with Gasteiger partial charge in [-0.05, 0) is 54.2 Å². The van der Waals surface area contributed by atoms with Crippen molar-refractivity contribution in [2.45, 2.75) is 44.3 Å². The summed E-state index contributed by atoms with van der Waals surface area (Å²) in [5, 5.41) is 15.2. The first-order valence-corrected chi connectivity index (χ1v) is 14.7. The molecule has 8 heteroatoms. The number of nitrogens with one attached hydrogen (secondary N) is 2. The molecule has 0 radical (unpaired) electrons. The van der Waals surface area contributed by atoms with Gasteiger partial charge in [-0.1, -0.05) is 103 Å². The fraction of sp³-hybridized carbons (Fsp3) is 0.250. The summed E-state index contributed by atoms with van der Waals surface area (Å²) in [6.45, 7) is 1.84. The number of aliphatic carboxylic acids is 1. The van der Waals surface area contributed by atoms with Gasteiger partial charge in [0.05, 0.1) is 12.5 Å². The molecule has 0 aliphatic carbocycles. The Labute approximate surface area is 258 Å². The molecule has 0 heterocycles. The maximum atomic E-state index is 13.5. The lowest BCUT2D eigenvalue weighted by atomic mass is 9.99. The molecule has 4 aromatic rings. The van der Waals surface area contributed by atoms with Gasteiger partial charge in [-0.25, -0.2) is 0 Å². The molecule has 0 aliphatic rings. The second-order valence-corrected chi connectivity index (χ2v) is 10.6. The maximum Gasteiger partial charge on any atom is 0.323 e. The summed E-state index contributed by atoms with van der Waals surface area (Å²) in [5.74, 6) is -1.25. The highest BCUT2D eigenvalue weighted by Crippen LogP contribution is 2.20. The van der Waals surface area contributed by atoms with E-state index in [1.807, 2.05) is 115 Å². The highest BCUT2D eigenvalue weighted by atomic mass is 16.6. The number of carbonyl (C=O) groups excluding carboxylic acids is 2. The first-order valence-electron chi connectivity index (χ1n) is 14.7. The van der Waals surface area contributed by atoms with Crippen LogP contribution in [0.4, 0.5) is 0 Å². The summed E-state index contributed by atoms with van der Waals surface area (Å²) in [6, 6.07) is 34.4. The first kappa shape index (κ1) is 32.0. The van der Waals surface area contributed by atoms with Crippen molar-refractivity contribution in [3.8, 4) is 16.9 Å². The van der Waals surface area contributed by atoms with E-state index in [0.29, 0.717) is 12.2 Å². The molecule has 0 saturated carbocycles. The molecule has 228 valence electrons. The van der Waals surface area contributed by atoms with Gasteiger partial charge in [0.1, 0.15) is 25.0 Å². The Balaban J connectivity index is 1.51. The fourth-order valence-corrected chi connectivity index (χ4v) is 4.81. The molecular formula is C36H38N2O6. The third-order valence-corrected chi connectivity index (χ3v) is 7.00. The van der Waals surface area contributed by atoms with Crippen molar-refractivity contribution >= 4 is 17.8 Å². The number of amides is 1. The minimum Gasteiger partial charge on any atom is -0.490 e. The lowest BCUT2D eigenvalue weighted by Gasteiger charge is -2.26. The molecule has 3 N–H and O–H groups in total. The zero-order chi connectivity index (χ0) is 31.1. The van der Waals surface area contributed by atoms with E-state index >= 15 is 0 Å². The molecule has 0 aromatic heterocycles. The van der Waals surface area contributed by atoms with Crippen molar-refractivity contribution in [1.29, 1.82) is 0 Å². The Hall–Kier alpha value is -4.95. The topological polar surface area (TPSA) is 114 Å². The van der Waals surface area contributed by atoms with Gasteiger partial charge in [0.25, 0.3) is 0 Å². The molecule has 0 spiro atoms. The van der Waals surface area contributed by atoms with Crippen LogP contribution in [-0.4, -0.2) is 54.3 Å². The summed E-state index contributed by atoms with van der Waals surface area (Å²) >= 11 is 0. The van der Waals surface area contributed by atoms with Crippen LogP contribution in [0, 0.1) is 0 Å². The number of esters is 1. The van der Waals surface area contributed by atoms with Crippen molar-refractivity contribution in [2.24, 2.45) is 0 Å². The number of carboxylic acid groups (broad SMARTS) is 1. The standard InChI is InChI=1S/C36H38N2O6/c1-26(23-34(39)40)37-35(41)32(24-27-11-5-2-6-12-27)38-33(36(42)44-22-21-43-31-15-9-4-10-16-31)25-28-17-19-30(20-18-28)29-13-7-3-8-14-29/h2-20,26,32-33,38H,21-25H2,1H3,(H,37,41)(H,39,40)/t26-,32+,33?/m1/s1. The largest absolute Gasteiger partial charge is 0.490 e. The van der Waals surface area contributed by atoms with Crippen molar-refractivity contribution in [2.75, 3.05) is 13.2 Å². The van der Waals surface area contributed by atoms with Gasteiger partial charge in [-0.15, -0.1) is 0 Å². The molecule has 0 bridgehead atoms. The number of hydrogen-bond acceptors (Lipinski definition) is 6. The van der Waals surface area contributed by atoms with Gasteiger partial charge >= 0.3 is 11.9 Å². The van der Waals surface area contributed by atoms with E-state index in [1.54, 1.807) is 6.92 Å². The molecule has 8 nitrogen and oxygen atoms in total. The van der Waals surface area contributed by atoms with Crippen LogP contribution >= 0.6 is 0 Å². The minimum atomic E-state index is -1.01. The molecule has 1 amide bonds. The molecule has 44 heavy (non-hydrogen) atoms. The number of ether oxygens (including phenoxy) is 2. The zero-order valence-corrected chi connectivity index (χ0v) is 24.7. The van der Waals surface area contributed by atoms with E-state index in [-0.39, 0.29) is 26.1 Å². The minimum absolute atomic E-state index is 0.0318. The smallest absolute Gasteiger partial charge is 0.323 e. The Morgan fingerprint density at radius 1 is 0.682 bits per heavy atom. The van der Waals surface area contributed by atoms with E-state index in [0.717, 1.165) is 22.3 Å². The summed E-state index contributed by atoms with van der Waals surface area (Å²) in [7, 11) is 0. The molecular weight excluding hydrogens is 556 g/mol. The number of para-hydroxylation sites is 1. The lowest BCUT2D eigenvalue weighted by Crippen LogP contribution is -2.54. The van der Waals surface area contributed by atoms with E-state index in [1.165, 1.54) is 0 Å². The van der Waals surface area contributed by atoms with Crippen LogP contribution in [0.3, 0.4) is 0 Å². The van der Waals surface area contributed by atoms with Gasteiger partial charge in [0.2, 0.25) is 5.91 Å². The van der Waals surface area contributed by atoms with E-state index < -0.39 is 36.0 Å². The molecule has 4 aromatic carbocycles. The van der Waals surface area contributed by atoms with Crippen molar-refractivity contribution < 1.29 is 29.0 Å². The normalized spacial score (nSPS) is 12.8. The summed E-state index contributed by atoms with van der Waals surface area (Å²) in [6.07, 6.45) is 0.349. The zero-order valence-electron chi connectivity index (χ0n) is 24.7. The Bertz CT molecular complexity index is 1460. The number of carboxylic acids is 1. The molecule has 0 fully saturated rings. The second kappa shape index (κ2) is 16.6. The second-order valence-electron chi connectivity index (χ2n) is 10.6. The predicted octanol–water partition coefficient (Wildman–Crippen LogP) is 5.07. The van der Waals surface area contributed by atoms with Gasteiger partial charge < -0.3 is 19.9 Å². The van der Waals surface area contributed by atoms with Gasteiger partial charge in [-0.3, -0.25) is 19.7 Å². The molecule has 1 unspecified atom stereocenters. The summed E-state index contributed by atoms with van der Waals surface area (Å²) in [4.78, 5) is 38.1. The number of carbonyl (C=O) groups is 3. The van der Waals surface area contributed by atoms with Crippen LogP contribution in [0.15, 0.2) is 115 Å². The van der Waals surface area contributed by atoms with Crippen LogP contribution in [-0.2, 0) is 32.0 Å². The maximum absolute atomic E-state index is 13.5. The van der Waals surface area contributed by atoms with Crippen LogP contribution in [0.5, 0.6) is 5.75 Å². The highest BCUT2D eigenvalue weighted by molar-refractivity contribution is 5.84. The van der Waals surface area contributed by atoms with Crippen molar-refractivity contribution in [3.63, 3.8) is 0 Å². The Morgan fingerprint density at radius 3 is 1.86 bits per heavy atom. The number of hydrogen-bond donors (Lipinski definition) is 3. The van der Waals surface area contributed by atoms with Crippen LogP contribution in [0.2, 0.25) is 0 Å². The Morgan fingerprint density at radius 2 is 1.23 bits per heavy atom. The third-order valence-electron chi connectivity index (χ3n) is 7.00. The average Bonchev–Trinajstić information content (AvgIpc) is 3.03. The van der Waals surface area contributed by atoms with Crippen LogP contribution in [0.25, 0.3) is 11.1 Å². The van der Waals surface area contributed by atoms with E-state index in [2.05, 4.69) is 10.6 Å². The van der Waals surface area contributed by atoms with Crippen LogP contribution in [0.1, 0.15) is 24.5 Å². The number of rotatable bonds is 16. The highest BCUT2D eigenvalue weighted by Gasteiger charge is 2.29. The molecule has 0 saturated heterocycles. The van der Waals surface area contributed by atoms with Crippen molar-refractivity contribution in [3.05, 3.63) is 126 Å². The third kappa shape index (κ3) is 10.4. The monoisotopic (exact) mass is 594 g/mol. The van der Waals surface area contributed by atoms with Crippen LogP contribution < -0.4 is 15.4 Å².